The molecule has 0 radical (unpaired) electrons. The molecule has 0 saturated carbocycles. The smallest absolute Gasteiger partial charge is 0.127 e. The zero-order chi connectivity index (χ0) is 17.4. The highest BCUT2D eigenvalue weighted by Gasteiger charge is 2.22. The van der Waals surface area contributed by atoms with Crippen LogP contribution in [0.15, 0.2) is 59.7 Å². The molecule has 0 saturated heterocycles. The van der Waals surface area contributed by atoms with E-state index in [0.29, 0.717) is 13.1 Å². The predicted octanol–water partition coefficient (Wildman–Crippen LogP) is 3.42. The van der Waals surface area contributed by atoms with Crippen LogP contribution in [0.4, 0.5) is 4.39 Å². The summed E-state index contributed by atoms with van der Waals surface area (Å²) >= 11 is 0. The molecule has 2 heterocycles. The van der Waals surface area contributed by atoms with Crippen molar-refractivity contribution < 1.29 is 4.39 Å². The summed E-state index contributed by atoms with van der Waals surface area (Å²) in [5, 5.41) is 0. The molecule has 0 N–H and O–H groups in total. The highest BCUT2D eigenvalue weighted by Crippen LogP contribution is 2.27. The Morgan fingerprint density at radius 2 is 1.92 bits per heavy atom. The second-order valence-corrected chi connectivity index (χ2v) is 6.43. The van der Waals surface area contributed by atoms with Gasteiger partial charge in [-0.05, 0) is 32.3 Å². The van der Waals surface area contributed by atoms with Crippen molar-refractivity contribution in [2.45, 2.75) is 13.1 Å². The van der Waals surface area contributed by atoms with Crippen molar-refractivity contribution in [3.05, 3.63) is 83.2 Å². The van der Waals surface area contributed by atoms with E-state index in [1.54, 1.807) is 6.07 Å². The Balaban J connectivity index is 1.94. The Morgan fingerprint density at radius 1 is 1.12 bits per heavy atom. The first-order valence-electron chi connectivity index (χ1n) is 8.24. The van der Waals surface area contributed by atoms with Gasteiger partial charge in [0.05, 0.1) is 36.4 Å². The van der Waals surface area contributed by atoms with E-state index in [9.17, 15) is 4.39 Å². The monoisotopic (exact) mass is 334 g/mol. The van der Waals surface area contributed by atoms with E-state index in [1.807, 2.05) is 56.7 Å². The molecule has 0 fully saturated rings. The van der Waals surface area contributed by atoms with Crippen LogP contribution in [0.5, 0.6) is 0 Å². The molecule has 5 heteroatoms. The van der Waals surface area contributed by atoms with Crippen LogP contribution in [0.3, 0.4) is 0 Å². The number of aromatic nitrogens is 2. The van der Waals surface area contributed by atoms with Crippen molar-refractivity contribution in [1.82, 2.24) is 14.5 Å². The van der Waals surface area contributed by atoms with Crippen molar-refractivity contribution in [1.29, 1.82) is 0 Å². The van der Waals surface area contributed by atoms with Gasteiger partial charge in [-0.3, -0.25) is 9.56 Å². The summed E-state index contributed by atoms with van der Waals surface area (Å²) in [6.45, 7) is 1.22. The molecule has 1 aliphatic rings. The molecule has 2 aromatic carbocycles. The molecule has 0 amide bonds. The third-order valence-corrected chi connectivity index (χ3v) is 4.27. The molecule has 4 rings (SSSR count). The van der Waals surface area contributed by atoms with Gasteiger partial charge in [-0.15, -0.1) is 0 Å². The fourth-order valence-corrected chi connectivity index (χ4v) is 3.21. The maximum Gasteiger partial charge on any atom is 0.127 e. The summed E-state index contributed by atoms with van der Waals surface area (Å²) in [4.78, 5) is 11.4. The van der Waals surface area contributed by atoms with Crippen LogP contribution in [0, 0.1) is 5.82 Å². The van der Waals surface area contributed by atoms with Gasteiger partial charge >= 0.3 is 0 Å². The number of fused-ring (bicyclic) bond motifs is 3. The molecular formula is C20H19FN4. The molecule has 0 aliphatic carbocycles. The van der Waals surface area contributed by atoms with Gasteiger partial charge in [0, 0.05) is 11.1 Å². The number of imidazole rings is 1. The average Bonchev–Trinajstić information content (AvgIpc) is 2.90. The first-order valence-corrected chi connectivity index (χ1v) is 8.24. The van der Waals surface area contributed by atoms with Gasteiger partial charge in [0.25, 0.3) is 0 Å². The maximum absolute atomic E-state index is 14.0. The van der Waals surface area contributed by atoms with Gasteiger partial charge in [0.1, 0.15) is 11.6 Å². The van der Waals surface area contributed by atoms with Crippen LogP contribution in [0.2, 0.25) is 0 Å². The lowest BCUT2D eigenvalue weighted by Gasteiger charge is -2.16. The van der Waals surface area contributed by atoms with E-state index < -0.39 is 0 Å². The zero-order valence-corrected chi connectivity index (χ0v) is 14.3. The normalized spacial score (nSPS) is 13.2. The van der Waals surface area contributed by atoms with Gasteiger partial charge in [-0.1, -0.05) is 30.3 Å². The molecular weight excluding hydrogens is 315 g/mol. The number of benzene rings is 2. The van der Waals surface area contributed by atoms with Crippen molar-refractivity contribution >= 4 is 5.71 Å². The van der Waals surface area contributed by atoms with Crippen molar-refractivity contribution in [2.24, 2.45) is 4.99 Å². The fourth-order valence-electron chi connectivity index (χ4n) is 3.21. The van der Waals surface area contributed by atoms with E-state index in [4.69, 9.17) is 4.99 Å². The summed E-state index contributed by atoms with van der Waals surface area (Å²) in [7, 11) is 4.02. The highest BCUT2D eigenvalue weighted by atomic mass is 19.1. The summed E-state index contributed by atoms with van der Waals surface area (Å²) in [5.74, 6) is 0.664. The van der Waals surface area contributed by atoms with Gasteiger partial charge in [0.15, 0.2) is 0 Å². The molecule has 4 nitrogen and oxygen atoms in total. The molecule has 3 aromatic rings. The van der Waals surface area contributed by atoms with E-state index in [-0.39, 0.29) is 5.82 Å². The fraction of sp³-hybridized carbons (Fsp3) is 0.200. The molecule has 0 atom stereocenters. The minimum atomic E-state index is -0.264. The standard InChI is InChI=1S/C20H19FN4/c1-24(2)13-19-22-11-16-12-23-20(14-6-4-3-5-7-14)17-10-15(21)8-9-18(17)25(16)19/h3-11H,12-13H2,1-2H3. The van der Waals surface area contributed by atoms with Gasteiger partial charge < -0.3 is 4.90 Å². The Bertz CT molecular complexity index is 942. The highest BCUT2D eigenvalue weighted by molar-refractivity contribution is 6.15. The summed E-state index contributed by atoms with van der Waals surface area (Å²) in [6.07, 6.45) is 1.86. The van der Waals surface area contributed by atoms with Crippen molar-refractivity contribution in [3.8, 4) is 5.69 Å². The first-order chi connectivity index (χ1) is 12.1. The lowest BCUT2D eigenvalue weighted by atomic mass is 10.0. The molecule has 1 aliphatic heterocycles. The van der Waals surface area contributed by atoms with Crippen LogP contribution in [0.25, 0.3) is 5.69 Å². The van der Waals surface area contributed by atoms with Crippen LogP contribution in [-0.2, 0) is 13.1 Å². The lowest BCUT2D eigenvalue weighted by Crippen LogP contribution is -2.16. The largest absolute Gasteiger partial charge is 0.302 e. The van der Waals surface area contributed by atoms with Crippen LogP contribution < -0.4 is 0 Å². The van der Waals surface area contributed by atoms with Crippen LogP contribution in [0.1, 0.15) is 22.6 Å². The van der Waals surface area contributed by atoms with E-state index in [1.165, 1.54) is 6.07 Å². The maximum atomic E-state index is 14.0. The Labute approximate surface area is 146 Å². The number of hydrogen-bond acceptors (Lipinski definition) is 3. The molecule has 1 aromatic heterocycles. The Morgan fingerprint density at radius 3 is 2.68 bits per heavy atom. The second kappa shape index (κ2) is 6.26. The van der Waals surface area contributed by atoms with Crippen LogP contribution >= 0.6 is 0 Å². The zero-order valence-electron chi connectivity index (χ0n) is 14.3. The van der Waals surface area contributed by atoms with E-state index >= 15 is 0 Å². The van der Waals surface area contributed by atoms with Gasteiger partial charge in [-0.2, -0.15) is 0 Å². The third kappa shape index (κ3) is 2.87. The number of rotatable bonds is 3. The van der Waals surface area contributed by atoms with E-state index in [0.717, 1.165) is 34.0 Å². The Hall–Kier alpha value is -2.79. The number of halogens is 1. The molecule has 0 unspecified atom stereocenters. The topological polar surface area (TPSA) is 33.4 Å². The molecule has 0 bridgehead atoms. The summed E-state index contributed by atoms with van der Waals surface area (Å²) < 4.78 is 16.1. The number of aliphatic imine (C=N–C) groups is 1. The van der Waals surface area contributed by atoms with Gasteiger partial charge in [0.2, 0.25) is 0 Å². The Kier molecular flexibility index (Phi) is 3.93. The first kappa shape index (κ1) is 15.7. The number of hydrogen-bond donors (Lipinski definition) is 0. The minimum Gasteiger partial charge on any atom is -0.302 e. The summed E-state index contributed by atoms with van der Waals surface area (Å²) in [5.41, 5.74) is 4.53. The average molecular weight is 334 g/mol. The number of nitrogens with zero attached hydrogens (tertiary/aromatic N) is 4. The van der Waals surface area contributed by atoms with E-state index in [2.05, 4.69) is 14.5 Å². The van der Waals surface area contributed by atoms with Gasteiger partial charge in [-0.25, -0.2) is 9.37 Å². The quantitative estimate of drug-likeness (QED) is 0.735. The van der Waals surface area contributed by atoms with Crippen molar-refractivity contribution in [3.63, 3.8) is 0 Å². The minimum absolute atomic E-state index is 0.264. The molecule has 25 heavy (non-hydrogen) atoms. The van der Waals surface area contributed by atoms with Crippen LogP contribution in [-0.4, -0.2) is 34.3 Å². The third-order valence-electron chi connectivity index (χ3n) is 4.27. The SMILES string of the molecule is CN(C)Cc1ncc2n1-c1ccc(F)cc1C(c1ccccc1)=NC2. The van der Waals surface area contributed by atoms with Crippen molar-refractivity contribution in [2.75, 3.05) is 14.1 Å². The summed E-state index contributed by atoms with van der Waals surface area (Å²) in [6, 6.07) is 14.8. The lowest BCUT2D eigenvalue weighted by molar-refractivity contribution is 0.387. The predicted molar refractivity (Wildman–Crippen MR) is 96.7 cm³/mol. The molecule has 126 valence electrons. The molecule has 0 spiro atoms. The second-order valence-electron chi connectivity index (χ2n) is 6.43.